The molecule has 1 aromatic rings. The number of methoxy groups -OCH3 is 1. The lowest BCUT2D eigenvalue weighted by Gasteiger charge is -2.24. The zero-order valence-electron chi connectivity index (χ0n) is 9.57. The molecule has 0 unspecified atom stereocenters. The van der Waals surface area contributed by atoms with Gasteiger partial charge in [-0.1, -0.05) is 12.1 Å². The first-order chi connectivity index (χ1) is 7.31. The summed E-state index contributed by atoms with van der Waals surface area (Å²) in [6.45, 7) is 4.77. The number of hydrogen-bond donors (Lipinski definition) is 0. The molecule has 0 aromatic heterocycles. The molecule has 1 saturated heterocycles. The largest absolute Gasteiger partial charge is 0.497 e. The van der Waals surface area contributed by atoms with Crippen molar-refractivity contribution in [2.24, 2.45) is 0 Å². The van der Waals surface area contributed by atoms with Crippen LogP contribution in [0.3, 0.4) is 0 Å². The normalized spacial score (nSPS) is 19.1. The topological polar surface area (TPSA) is 12.5 Å². The molecule has 15 heavy (non-hydrogen) atoms. The van der Waals surface area contributed by atoms with Crippen molar-refractivity contribution in [2.45, 2.75) is 25.8 Å². The summed E-state index contributed by atoms with van der Waals surface area (Å²) in [6, 6.07) is 8.96. The van der Waals surface area contributed by atoms with Crippen LogP contribution in [0.4, 0.5) is 0 Å². The maximum Gasteiger partial charge on any atom is 0.118 e. The number of likely N-dealkylation sites (tertiary alicyclic amines) is 1. The Labute approximate surface area is 91.9 Å². The lowest BCUT2D eigenvalue weighted by atomic mass is 10.1. The van der Waals surface area contributed by atoms with Crippen molar-refractivity contribution in [2.75, 3.05) is 20.2 Å². The van der Waals surface area contributed by atoms with Gasteiger partial charge in [0.2, 0.25) is 0 Å². The summed E-state index contributed by atoms with van der Waals surface area (Å²) in [5.41, 5.74) is 1.39. The minimum Gasteiger partial charge on any atom is -0.497 e. The summed E-state index contributed by atoms with van der Waals surface area (Å²) >= 11 is 0. The lowest BCUT2D eigenvalue weighted by Crippen LogP contribution is -2.23. The molecule has 0 N–H and O–H groups in total. The smallest absolute Gasteiger partial charge is 0.118 e. The fourth-order valence-corrected chi connectivity index (χ4v) is 2.22. The second-order valence-electron chi connectivity index (χ2n) is 4.19. The van der Waals surface area contributed by atoms with Gasteiger partial charge in [-0.3, -0.25) is 4.90 Å². The van der Waals surface area contributed by atoms with Gasteiger partial charge in [0.25, 0.3) is 0 Å². The number of rotatable bonds is 3. The third kappa shape index (κ3) is 2.32. The molecular weight excluding hydrogens is 186 g/mol. The van der Waals surface area contributed by atoms with Crippen LogP contribution >= 0.6 is 0 Å². The van der Waals surface area contributed by atoms with Gasteiger partial charge in [-0.05, 0) is 50.6 Å². The minimum absolute atomic E-state index is 0.540. The third-order valence-corrected chi connectivity index (χ3v) is 3.29. The lowest BCUT2D eigenvalue weighted by molar-refractivity contribution is 0.263. The zero-order chi connectivity index (χ0) is 10.7. The molecule has 0 aliphatic carbocycles. The number of nitrogens with zero attached hydrogens (tertiary/aromatic N) is 1. The van der Waals surface area contributed by atoms with Crippen LogP contribution in [0.25, 0.3) is 0 Å². The van der Waals surface area contributed by atoms with Crippen LogP contribution in [-0.2, 0) is 0 Å². The van der Waals surface area contributed by atoms with Gasteiger partial charge in [0.1, 0.15) is 5.75 Å². The highest BCUT2D eigenvalue weighted by molar-refractivity contribution is 5.28. The zero-order valence-corrected chi connectivity index (χ0v) is 9.57. The van der Waals surface area contributed by atoms with Crippen molar-refractivity contribution in [3.05, 3.63) is 29.8 Å². The molecule has 0 spiro atoms. The summed E-state index contributed by atoms with van der Waals surface area (Å²) in [7, 11) is 1.71. The second kappa shape index (κ2) is 4.67. The third-order valence-electron chi connectivity index (χ3n) is 3.29. The first-order valence-corrected chi connectivity index (χ1v) is 5.69. The molecule has 0 radical (unpaired) electrons. The average molecular weight is 205 g/mol. The Morgan fingerprint density at radius 1 is 1.13 bits per heavy atom. The predicted octanol–water partition coefficient (Wildman–Crippen LogP) is 2.85. The molecule has 82 valence electrons. The van der Waals surface area contributed by atoms with E-state index in [0.29, 0.717) is 6.04 Å². The molecule has 0 saturated carbocycles. The van der Waals surface area contributed by atoms with E-state index in [1.165, 1.54) is 31.5 Å². The quantitative estimate of drug-likeness (QED) is 0.752. The van der Waals surface area contributed by atoms with Gasteiger partial charge in [0.15, 0.2) is 0 Å². The maximum absolute atomic E-state index is 5.16. The van der Waals surface area contributed by atoms with Crippen molar-refractivity contribution in [3.63, 3.8) is 0 Å². The van der Waals surface area contributed by atoms with Crippen molar-refractivity contribution in [1.82, 2.24) is 4.90 Å². The first kappa shape index (κ1) is 10.5. The summed E-state index contributed by atoms with van der Waals surface area (Å²) in [5, 5.41) is 0. The number of ether oxygens (including phenoxy) is 1. The van der Waals surface area contributed by atoms with E-state index in [1.54, 1.807) is 7.11 Å². The fraction of sp³-hybridized carbons (Fsp3) is 0.538. The highest BCUT2D eigenvalue weighted by Gasteiger charge is 2.18. The second-order valence-corrected chi connectivity index (χ2v) is 4.19. The van der Waals surface area contributed by atoms with Crippen LogP contribution in [0.1, 0.15) is 31.4 Å². The van der Waals surface area contributed by atoms with Gasteiger partial charge in [0, 0.05) is 6.04 Å². The molecule has 1 aliphatic rings. The van der Waals surface area contributed by atoms with E-state index >= 15 is 0 Å². The van der Waals surface area contributed by atoms with E-state index in [1.807, 2.05) is 12.1 Å². The Balaban J connectivity index is 2.07. The van der Waals surface area contributed by atoms with Crippen LogP contribution in [0, 0.1) is 0 Å². The highest BCUT2D eigenvalue weighted by Crippen LogP contribution is 2.25. The monoisotopic (exact) mass is 205 g/mol. The SMILES string of the molecule is COc1ccc([C@H](C)N2CCCC2)cc1. The molecule has 1 heterocycles. The number of benzene rings is 1. The molecule has 2 rings (SSSR count). The molecule has 0 bridgehead atoms. The van der Waals surface area contributed by atoms with E-state index in [4.69, 9.17) is 4.74 Å². The average Bonchev–Trinajstić information content (AvgIpc) is 2.82. The summed E-state index contributed by atoms with van der Waals surface area (Å²) in [6.07, 6.45) is 2.70. The van der Waals surface area contributed by atoms with E-state index in [-0.39, 0.29) is 0 Å². The summed E-state index contributed by atoms with van der Waals surface area (Å²) in [4.78, 5) is 2.54. The molecule has 1 aliphatic heterocycles. The molecule has 1 fully saturated rings. The van der Waals surface area contributed by atoms with Crippen molar-refractivity contribution in [1.29, 1.82) is 0 Å². The summed E-state index contributed by atoms with van der Waals surface area (Å²) in [5.74, 6) is 0.937. The van der Waals surface area contributed by atoms with Crippen molar-refractivity contribution < 1.29 is 4.74 Å². The van der Waals surface area contributed by atoms with Gasteiger partial charge in [0.05, 0.1) is 7.11 Å². The van der Waals surface area contributed by atoms with Gasteiger partial charge in [-0.25, -0.2) is 0 Å². The van der Waals surface area contributed by atoms with Crippen molar-refractivity contribution >= 4 is 0 Å². The van der Waals surface area contributed by atoms with Crippen LogP contribution in [0.2, 0.25) is 0 Å². The van der Waals surface area contributed by atoms with Gasteiger partial charge in [-0.15, -0.1) is 0 Å². The predicted molar refractivity (Wildman–Crippen MR) is 62.2 cm³/mol. The first-order valence-electron chi connectivity index (χ1n) is 5.69. The Kier molecular flexibility index (Phi) is 3.27. The Morgan fingerprint density at radius 3 is 2.27 bits per heavy atom. The number of hydrogen-bond acceptors (Lipinski definition) is 2. The van der Waals surface area contributed by atoms with E-state index in [9.17, 15) is 0 Å². The molecule has 0 amide bonds. The van der Waals surface area contributed by atoms with E-state index in [2.05, 4.69) is 24.0 Å². The van der Waals surface area contributed by atoms with E-state index in [0.717, 1.165) is 5.75 Å². The van der Waals surface area contributed by atoms with Crippen LogP contribution in [0.5, 0.6) is 5.75 Å². The van der Waals surface area contributed by atoms with E-state index < -0.39 is 0 Å². The highest BCUT2D eigenvalue weighted by atomic mass is 16.5. The maximum atomic E-state index is 5.16. The van der Waals surface area contributed by atoms with Crippen LogP contribution in [-0.4, -0.2) is 25.1 Å². The minimum atomic E-state index is 0.540. The van der Waals surface area contributed by atoms with Gasteiger partial charge < -0.3 is 4.74 Å². The molecule has 2 heteroatoms. The molecular formula is C13H19NO. The van der Waals surface area contributed by atoms with Crippen LogP contribution < -0.4 is 4.74 Å². The van der Waals surface area contributed by atoms with Gasteiger partial charge in [-0.2, -0.15) is 0 Å². The molecule has 2 nitrogen and oxygen atoms in total. The molecule has 1 atom stereocenters. The molecule has 1 aromatic carbocycles. The van der Waals surface area contributed by atoms with Gasteiger partial charge >= 0.3 is 0 Å². The van der Waals surface area contributed by atoms with Crippen LogP contribution in [0.15, 0.2) is 24.3 Å². The Hall–Kier alpha value is -1.02. The Bertz CT molecular complexity index is 301. The summed E-state index contributed by atoms with van der Waals surface area (Å²) < 4.78 is 5.16. The fourth-order valence-electron chi connectivity index (χ4n) is 2.22. The standard InChI is InChI=1S/C13H19NO/c1-11(14-9-3-4-10-14)12-5-7-13(15-2)8-6-12/h5-8,11H,3-4,9-10H2,1-2H3/t11-/m0/s1. The Morgan fingerprint density at radius 2 is 1.73 bits per heavy atom. The van der Waals surface area contributed by atoms with Crippen molar-refractivity contribution in [3.8, 4) is 5.75 Å².